The van der Waals surface area contributed by atoms with Crippen molar-refractivity contribution in [3.05, 3.63) is 34.9 Å². The number of esters is 1. The number of hydrogen-bond donors (Lipinski definition) is 1. The van der Waals surface area contributed by atoms with E-state index in [1.165, 1.54) is 0 Å². The molecule has 0 saturated carbocycles. The number of carbonyl (C=O) groups is 1. The highest BCUT2D eigenvalue weighted by atomic mass is 35.5. The summed E-state index contributed by atoms with van der Waals surface area (Å²) in [4.78, 5) is 10.9. The highest BCUT2D eigenvalue weighted by molar-refractivity contribution is 7.90. The van der Waals surface area contributed by atoms with Gasteiger partial charge in [-0.25, -0.2) is 13.1 Å². The summed E-state index contributed by atoms with van der Waals surface area (Å²) in [7, 11) is -2.58. The third-order valence-electron chi connectivity index (χ3n) is 2.24. The standard InChI is InChI=1S/C11H14ClNO4S/c1-8(9-4-3-5-10(12)6-9)13-18(15,16)7-11(14)17-2/h3-6,8,13H,7H2,1-2H3/t8-/m1/s1. The Hall–Kier alpha value is -1.11. The molecular formula is C11H14ClNO4S. The van der Waals surface area contributed by atoms with Crippen LogP contribution in [0.3, 0.4) is 0 Å². The van der Waals surface area contributed by atoms with E-state index < -0.39 is 27.8 Å². The number of sulfonamides is 1. The quantitative estimate of drug-likeness (QED) is 0.834. The van der Waals surface area contributed by atoms with Crippen molar-refractivity contribution in [2.45, 2.75) is 13.0 Å². The van der Waals surface area contributed by atoms with Gasteiger partial charge in [0.25, 0.3) is 0 Å². The zero-order valence-corrected chi connectivity index (χ0v) is 11.6. The Morgan fingerprint density at radius 2 is 2.17 bits per heavy atom. The molecule has 100 valence electrons. The molecule has 0 amide bonds. The van der Waals surface area contributed by atoms with Crippen LogP contribution in [-0.2, 0) is 19.6 Å². The summed E-state index contributed by atoms with van der Waals surface area (Å²) < 4.78 is 29.9. The Bertz CT molecular complexity index is 530. The maximum atomic E-state index is 11.6. The number of nitrogens with one attached hydrogen (secondary N) is 1. The molecule has 0 fully saturated rings. The van der Waals surface area contributed by atoms with E-state index in [2.05, 4.69) is 9.46 Å². The number of methoxy groups -OCH3 is 1. The van der Waals surface area contributed by atoms with Crippen LogP contribution < -0.4 is 4.72 Å². The number of carbonyl (C=O) groups excluding carboxylic acids is 1. The molecule has 1 rings (SSSR count). The van der Waals surface area contributed by atoms with Crippen molar-refractivity contribution in [2.75, 3.05) is 12.9 Å². The van der Waals surface area contributed by atoms with Gasteiger partial charge >= 0.3 is 5.97 Å². The maximum Gasteiger partial charge on any atom is 0.322 e. The average Bonchev–Trinajstić information content (AvgIpc) is 2.27. The molecule has 0 aliphatic carbocycles. The molecule has 0 heterocycles. The van der Waals surface area contributed by atoms with Gasteiger partial charge in [0.1, 0.15) is 0 Å². The van der Waals surface area contributed by atoms with E-state index in [0.29, 0.717) is 5.02 Å². The van der Waals surface area contributed by atoms with Crippen molar-refractivity contribution in [1.82, 2.24) is 4.72 Å². The first-order valence-electron chi connectivity index (χ1n) is 5.16. The van der Waals surface area contributed by atoms with Crippen LogP contribution in [0.1, 0.15) is 18.5 Å². The number of hydrogen-bond acceptors (Lipinski definition) is 4. The highest BCUT2D eigenvalue weighted by Gasteiger charge is 2.20. The molecule has 1 atom stereocenters. The van der Waals surface area contributed by atoms with E-state index in [0.717, 1.165) is 12.7 Å². The monoisotopic (exact) mass is 291 g/mol. The first-order chi connectivity index (χ1) is 8.34. The molecule has 0 radical (unpaired) electrons. The molecule has 0 spiro atoms. The van der Waals surface area contributed by atoms with E-state index in [9.17, 15) is 13.2 Å². The van der Waals surface area contributed by atoms with Crippen molar-refractivity contribution in [2.24, 2.45) is 0 Å². The lowest BCUT2D eigenvalue weighted by Crippen LogP contribution is -2.32. The first-order valence-corrected chi connectivity index (χ1v) is 7.19. The summed E-state index contributed by atoms with van der Waals surface area (Å²) in [5, 5.41) is 0.520. The van der Waals surface area contributed by atoms with Crippen molar-refractivity contribution in [1.29, 1.82) is 0 Å². The van der Waals surface area contributed by atoms with Crippen molar-refractivity contribution in [3.8, 4) is 0 Å². The number of halogens is 1. The average molecular weight is 292 g/mol. The third-order valence-corrected chi connectivity index (χ3v) is 3.80. The zero-order chi connectivity index (χ0) is 13.8. The normalized spacial score (nSPS) is 13.1. The lowest BCUT2D eigenvalue weighted by Gasteiger charge is -2.14. The first kappa shape index (κ1) is 14.9. The molecule has 1 aromatic rings. The molecule has 1 N–H and O–H groups in total. The molecule has 0 saturated heterocycles. The summed E-state index contributed by atoms with van der Waals surface area (Å²) in [6, 6.07) is 6.35. The van der Waals surface area contributed by atoms with Gasteiger partial charge in [0.2, 0.25) is 10.0 Å². The number of rotatable bonds is 5. The molecule has 7 heteroatoms. The lowest BCUT2D eigenvalue weighted by atomic mass is 10.1. The van der Waals surface area contributed by atoms with Crippen LogP contribution in [0.4, 0.5) is 0 Å². The van der Waals surface area contributed by atoms with Crippen LogP contribution in [0.2, 0.25) is 5.02 Å². The molecule has 0 aliphatic rings. The molecule has 0 bridgehead atoms. The molecular weight excluding hydrogens is 278 g/mol. The van der Waals surface area contributed by atoms with E-state index >= 15 is 0 Å². The van der Waals surface area contributed by atoms with Crippen LogP contribution in [0.15, 0.2) is 24.3 Å². The molecule has 5 nitrogen and oxygen atoms in total. The predicted octanol–water partition coefficient (Wildman–Crippen LogP) is 1.49. The van der Waals surface area contributed by atoms with E-state index in [1.54, 1.807) is 31.2 Å². The SMILES string of the molecule is COC(=O)CS(=O)(=O)N[C@H](C)c1cccc(Cl)c1. The minimum atomic E-state index is -3.72. The summed E-state index contributed by atoms with van der Waals surface area (Å²) in [6.45, 7) is 1.67. The topological polar surface area (TPSA) is 72.5 Å². The fourth-order valence-corrected chi connectivity index (χ4v) is 2.75. The van der Waals surface area contributed by atoms with E-state index in [1.807, 2.05) is 0 Å². The second-order valence-corrected chi connectivity index (χ2v) is 5.92. The molecule has 0 aromatic heterocycles. The molecule has 0 aliphatic heterocycles. The Labute approximate surface area is 111 Å². The van der Waals surface area contributed by atoms with Gasteiger partial charge in [0, 0.05) is 11.1 Å². The Morgan fingerprint density at radius 1 is 1.50 bits per heavy atom. The summed E-state index contributed by atoms with van der Waals surface area (Å²) in [6.07, 6.45) is 0. The minimum absolute atomic E-state index is 0.474. The highest BCUT2D eigenvalue weighted by Crippen LogP contribution is 2.17. The van der Waals surface area contributed by atoms with Crippen LogP contribution in [0, 0.1) is 0 Å². The molecule has 1 aromatic carbocycles. The van der Waals surface area contributed by atoms with Gasteiger partial charge < -0.3 is 4.74 Å². The van der Waals surface area contributed by atoms with Crippen molar-refractivity contribution in [3.63, 3.8) is 0 Å². The Kier molecular flexibility index (Phi) is 5.13. The Morgan fingerprint density at radius 3 is 2.72 bits per heavy atom. The third kappa shape index (κ3) is 4.64. The van der Waals surface area contributed by atoms with Crippen molar-refractivity contribution < 1.29 is 17.9 Å². The minimum Gasteiger partial charge on any atom is -0.468 e. The van der Waals surface area contributed by atoms with Crippen LogP contribution in [0.5, 0.6) is 0 Å². The number of ether oxygens (including phenoxy) is 1. The van der Waals surface area contributed by atoms with Crippen molar-refractivity contribution >= 4 is 27.6 Å². The Balaban J connectivity index is 2.75. The van der Waals surface area contributed by atoms with Gasteiger partial charge in [0.15, 0.2) is 5.75 Å². The van der Waals surface area contributed by atoms with E-state index in [-0.39, 0.29) is 0 Å². The van der Waals surface area contributed by atoms with Gasteiger partial charge in [-0.05, 0) is 24.6 Å². The predicted molar refractivity (Wildman–Crippen MR) is 68.8 cm³/mol. The summed E-state index contributed by atoms with van der Waals surface area (Å²) in [5.74, 6) is -1.50. The van der Waals surface area contributed by atoms with Gasteiger partial charge in [-0.15, -0.1) is 0 Å². The van der Waals surface area contributed by atoms with Crippen LogP contribution in [0.25, 0.3) is 0 Å². The maximum absolute atomic E-state index is 11.6. The second-order valence-electron chi connectivity index (χ2n) is 3.73. The van der Waals surface area contributed by atoms with E-state index in [4.69, 9.17) is 11.6 Å². The van der Waals surface area contributed by atoms with Crippen LogP contribution in [-0.4, -0.2) is 27.2 Å². The fraction of sp³-hybridized carbons (Fsp3) is 0.364. The molecule has 18 heavy (non-hydrogen) atoms. The second kappa shape index (κ2) is 6.17. The van der Waals surface area contributed by atoms with Gasteiger partial charge in [-0.2, -0.15) is 0 Å². The summed E-state index contributed by atoms with van der Waals surface area (Å²) in [5.41, 5.74) is 0.718. The van der Waals surface area contributed by atoms with Gasteiger partial charge in [0.05, 0.1) is 7.11 Å². The fourth-order valence-electron chi connectivity index (χ4n) is 1.37. The van der Waals surface area contributed by atoms with Crippen LogP contribution >= 0.6 is 11.6 Å². The zero-order valence-electron chi connectivity index (χ0n) is 10.0. The van der Waals surface area contributed by atoms with Gasteiger partial charge in [-0.3, -0.25) is 4.79 Å². The van der Waals surface area contributed by atoms with Gasteiger partial charge in [-0.1, -0.05) is 23.7 Å². The number of benzene rings is 1. The summed E-state index contributed by atoms with van der Waals surface area (Å²) >= 11 is 5.82. The molecule has 0 unspecified atom stereocenters. The lowest BCUT2D eigenvalue weighted by molar-refractivity contribution is -0.137. The largest absolute Gasteiger partial charge is 0.468 e. The smallest absolute Gasteiger partial charge is 0.322 e.